The highest BCUT2D eigenvalue weighted by Crippen LogP contribution is 2.28. The fraction of sp³-hybridized carbons (Fsp3) is 0.462. The molecule has 182 valence electrons. The number of nitrogens with one attached hydrogen (secondary N) is 1. The number of halogens is 1. The minimum absolute atomic E-state index is 0.0195. The summed E-state index contributed by atoms with van der Waals surface area (Å²) in [5, 5.41) is 3.37. The van der Waals surface area contributed by atoms with E-state index in [0.29, 0.717) is 34.2 Å². The van der Waals surface area contributed by atoms with Crippen LogP contribution >= 0.6 is 11.6 Å². The Balaban J connectivity index is 1.59. The van der Waals surface area contributed by atoms with Crippen LogP contribution in [-0.4, -0.2) is 52.1 Å². The zero-order chi connectivity index (χ0) is 24.1. The second-order valence-electron chi connectivity index (χ2n) is 9.18. The van der Waals surface area contributed by atoms with E-state index in [1.54, 1.807) is 16.5 Å². The van der Waals surface area contributed by atoms with E-state index in [2.05, 4.69) is 10.2 Å². The topological polar surface area (TPSA) is 68.0 Å². The number of benzene rings is 1. The summed E-state index contributed by atoms with van der Waals surface area (Å²) in [6, 6.07) is 9.05. The largest absolute Gasteiger partial charge is 0.492 e. The van der Waals surface area contributed by atoms with Gasteiger partial charge in [0.15, 0.2) is 0 Å². The van der Waals surface area contributed by atoms with Crippen LogP contribution in [0.2, 0.25) is 5.02 Å². The SMILES string of the molecule is CC(C)NC(=O)Cn1c(-c2ccccc2Cl)cn2cc(OCCCN3CCCCC3)cc2c1=O. The van der Waals surface area contributed by atoms with Crippen molar-refractivity contribution in [1.29, 1.82) is 0 Å². The van der Waals surface area contributed by atoms with Crippen LogP contribution in [-0.2, 0) is 11.3 Å². The van der Waals surface area contributed by atoms with Gasteiger partial charge in [-0.05, 0) is 52.3 Å². The molecule has 0 aliphatic carbocycles. The van der Waals surface area contributed by atoms with Crippen molar-refractivity contribution in [2.75, 3.05) is 26.2 Å². The summed E-state index contributed by atoms with van der Waals surface area (Å²) in [6.07, 6.45) is 8.48. The van der Waals surface area contributed by atoms with Crippen LogP contribution < -0.4 is 15.6 Å². The molecule has 4 rings (SSSR count). The molecule has 1 aromatic carbocycles. The van der Waals surface area contributed by atoms with E-state index in [4.69, 9.17) is 16.3 Å². The summed E-state index contributed by atoms with van der Waals surface area (Å²) in [4.78, 5) is 28.5. The number of carbonyl (C=O) groups excluding carboxylic acids is 1. The van der Waals surface area contributed by atoms with Gasteiger partial charge in [-0.1, -0.05) is 36.2 Å². The maximum absolute atomic E-state index is 13.5. The highest BCUT2D eigenvalue weighted by Gasteiger charge is 2.18. The zero-order valence-corrected chi connectivity index (χ0v) is 20.7. The van der Waals surface area contributed by atoms with Gasteiger partial charge in [-0.2, -0.15) is 0 Å². The molecule has 8 heteroatoms. The number of likely N-dealkylation sites (tertiary alicyclic amines) is 1. The van der Waals surface area contributed by atoms with Gasteiger partial charge in [0.1, 0.15) is 17.8 Å². The third-order valence-electron chi connectivity index (χ3n) is 6.08. The quantitative estimate of drug-likeness (QED) is 0.462. The van der Waals surface area contributed by atoms with Gasteiger partial charge in [0.05, 0.1) is 18.5 Å². The number of fused-ring (bicyclic) bond motifs is 1. The van der Waals surface area contributed by atoms with Crippen molar-refractivity contribution in [3.8, 4) is 17.0 Å². The van der Waals surface area contributed by atoms with Crippen LogP contribution in [0.1, 0.15) is 39.5 Å². The lowest BCUT2D eigenvalue weighted by molar-refractivity contribution is -0.122. The molecule has 0 bridgehead atoms. The van der Waals surface area contributed by atoms with Crippen molar-refractivity contribution in [2.45, 2.75) is 52.1 Å². The van der Waals surface area contributed by atoms with Crippen molar-refractivity contribution in [1.82, 2.24) is 19.2 Å². The number of carbonyl (C=O) groups is 1. The van der Waals surface area contributed by atoms with Gasteiger partial charge >= 0.3 is 0 Å². The Morgan fingerprint density at radius 3 is 2.65 bits per heavy atom. The molecule has 1 amide bonds. The lowest BCUT2D eigenvalue weighted by Crippen LogP contribution is -2.36. The molecule has 1 saturated heterocycles. The fourth-order valence-corrected chi connectivity index (χ4v) is 4.71. The Labute approximate surface area is 205 Å². The van der Waals surface area contributed by atoms with E-state index >= 15 is 0 Å². The molecule has 3 aromatic rings. The van der Waals surface area contributed by atoms with Crippen molar-refractivity contribution >= 4 is 23.0 Å². The Morgan fingerprint density at radius 2 is 1.91 bits per heavy atom. The third kappa shape index (κ3) is 5.83. The third-order valence-corrected chi connectivity index (χ3v) is 6.41. The zero-order valence-electron chi connectivity index (χ0n) is 19.9. The maximum atomic E-state index is 13.5. The smallest absolute Gasteiger partial charge is 0.275 e. The van der Waals surface area contributed by atoms with Gasteiger partial charge < -0.3 is 19.4 Å². The Morgan fingerprint density at radius 1 is 1.15 bits per heavy atom. The van der Waals surface area contributed by atoms with Gasteiger partial charge in [-0.15, -0.1) is 0 Å². The average Bonchev–Trinajstić information content (AvgIpc) is 3.22. The van der Waals surface area contributed by atoms with Crippen LogP contribution in [0.25, 0.3) is 16.8 Å². The second-order valence-corrected chi connectivity index (χ2v) is 9.59. The fourth-order valence-electron chi connectivity index (χ4n) is 4.47. The highest BCUT2D eigenvalue weighted by atomic mass is 35.5. The van der Waals surface area contributed by atoms with Crippen molar-refractivity contribution in [3.63, 3.8) is 0 Å². The molecule has 1 aliphatic rings. The lowest BCUT2D eigenvalue weighted by atomic mass is 10.1. The van der Waals surface area contributed by atoms with E-state index in [9.17, 15) is 9.59 Å². The van der Waals surface area contributed by atoms with E-state index < -0.39 is 0 Å². The number of ether oxygens (including phenoxy) is 1. The van der Waals surface area contributed by atoms with E-state index in [0.717, 1.165) is 13.0 Å². The van der Waals surface area contributed by atoms with Crippen molar-refractivity contribution in [2.24, 2.45) is 0 Å². The molecule has 1 fully saturated rings. The minimum Gasteiger partial charge on any atom is -0.492 e. The summed E-state index contributed by atoms with van der Waals surface area (Å²) >= 11 is 6.46. The molecule has 1 N–H and O–H groups in total. The van der Waals surface area contributed by atoms with Gasteiger partial charge in [-0.3, -0.25) is 14.2 Å². The molecular weight excluding hydrogens is 452 g/mol. The van der Waals surface area contributed by atoms with Crippen LogP contribution in [0.15, 0.2) is 47.5 Å². The molecule has 0 atom stereocenters. The summed E-state index contributed by atoms with van der Waals surface area (Å²) in [5.41, 5.74) is 1.46. The number of aromatic nitrogens is 2. The monoisotopic (exact) mass is 484 g/mol. The first-order valence-electron chi connectivity index (χ1n) is 12.1. The molecule has 3 heterocycles. The number of amides is 1. The van der Waals surface area contributed by atoms with Crippen LogP contribution in [0, 0.1) is 0 Å². The second kappa shape index (κ2) is 11.1. The molecule has 1 aliphatic heterocycles. The standard InChI is InChI=1S/C26H33ClN4O3/c1-19(2)28-25(32)18-31-24(21-9-4-5-10-22(21)27)17-30-16-20(15-23(30)26(31)33)34-14-8-13-29-11-6-3-7-12-29/h4-5,9-10,15-17,19H,3,6-8,11-14,18H2,1-2H3,(H,28,32). The molecule has 0 spiro atoms. The maximum Gasteiger partial charge on any atom is 0.275 e. The molecular formula is C26H33ClN4O3. The summed E-state index contributed by atoms with van der Waals surface area (Å²) in [7, 11) is 0. The molecule has 7 nitrogen and oxygen atoms in total. The van der Waals surface area contributed by atoms with Crippen molar-refractivity contribution < 1.29 is 9.53 Å². The van der Waals surface area contributed by atoms with E-state index in [1.807, 2.05) is 44.4 Å². The number of hydrogen-bond donors (Lipinski definition) is 1. The highest BCUT2D eigenvalue weighted by molar-refractivity contribution is 6.33. The normalized spacial score (nSPS) is 14.6. The number of hydrogen-bond acceptors (Lipinski definition) is 4. The first-order valence-corrected chi connectivity index (χ1v) is 12.4. The predicted molar refractivity (Wildman–Crippen MR) is 136 cm³/mol. The molecule has 0 radical (unpaired) electrons. The van der Waals surface area contributed by atoms with Gasteiger partial charge in [0.25, 0.3) is 5.56 Å². The van der Waals surface area contributed by atoms with Crippen molar-refractivity contribution in [3.05, 3.63) is 58.1 Å². The molecule has 34 heavy (non-hydrogen) atoms. The first-order chi connectivity index (χ1) is 16.4. The summed E-state index contributed by atoms with van der Waals surface area (Å²) in [5.74, 6) is 0.417. The summed E-state index contributed by atoms with van der Waals surface area (Å²) in [6.45, 7) is 7.65. The predicted octanol–water partition coefficient (Wildman–Crippen LogP) is 4.20. The first kappa shape index (κ1) is 24.4. The van der Waals surface area contributed by atoms with Crippen LogP contribution in [0.5, 0.6) is 5.75 Å². The number of rotatable bonds is 9. The Hall–Kier alpha value is -2.77. The van der Waals surface area contributed by atoms with Crippen LogP contribution in [0.3, 0.4) is 0 Å². The average molecular weight is 485 g/mol. The summed E-state index contributed by atoms with van der Waals surface area (Å²) < 4.78 is 9.22. The van der Waals surface area contributed by atoms with E-state index in [-0.39, 0.29) is 24.1 Å². The van der Waals surface area contributed by atoms with Crippen LogP contribution in [0.4, 0.5) is 0 Å². The molecule has 2 aromatic heterocycles. The Kier molecular flexibility index (Phi) is 7.95. The molecule has 0 unspecified atom stereocenters. The Bertz CT molecular complexity index is 1190. The number of nitrogens with zero attached hydrogens (tertiary/aromatic N) is 3. The molecule has 0 saturated carbocycles. The number of piperidine rings is 1. The minimum atomic E-state index is -0.264. The van der Waals surface area contributed by atoms with Gasteiger partial charge in [0.2, 0.25) is 5.91 Å². The van der Waals surface area contributed by atoms with Gasteiger partial charge in [-0.25, -0.2) is 0 Å². The van der Waals surface area contributed by atoms with Gasteiger partial charge in [0, 0.05) is 35.4 Å². The lowest BCUT2D eigenvalue weighted by Gasteiger charge is -2.26. The van der Waals surface area contributed by atoms with E-state index in [1.165, 1.54) is 36.9 Å².